The van der Waals surface area contributed by atoms with Gasteiger partial charge in [0.1, 0.15) is 11.8 Å². The third-order valence-corrected chi connectivity index (χ3v) is 4.78. The molecule has 1 fully saturated rings. The van der Waals surface area contributed by atoms with Gasteiger partial charge in [0.2, 0.25) is 0 Å². The topological polar surface area (TPSA) is 93.7 Å². The quantitative estimate of drug-likeness (QED) is 0.588. The molecule has 0 spiro atoms. The van der Waals surface area contributed by atoms with Gasteiger partial charge < -0.3 is 20.1 Å². The van der Waals surface area contributed by atoms with E-state index in [1.807, 2.05) is 6.26 Å². The fourth-order valence-electron chi connectivity index (χ4n) is 2.41. The first kappa shape index (κ1) is 21.1. The fourth-order valence-corrected chi connectivity index (χ4v) is 2.88. The average Bonchev–Trinajstić information content (AvgIpc) is 3.48. The van der Waals surface area contributed by atoms with E-state index in [0.29, 0.717) is 23.5 Å². The number of rotatable bonds is 10. The zero-order valence-corrected chi connectivity index (χ0v) is 16.6. The highest BCUT2D eigenvalue weighted by atomic mass is 32.2. The van der Waals surface area contributed by atoms with Gasteiger partial charge in [0, 0.05) is 6.04 Å². The molecule has 1 aliphatic carbocycles. The smallest absolute Gasteiger partial charge is 0.329 e. The minimum absolute atomic E-state index is 0.191. The molecule has 2 amide bonds. The van der Waals surface area contributed by atoms with Crippen LogP contribution in [0.3, 0.4) is 0 Å². The van der Waals surface area contributed by atoms with Crippen LogP contribution in [0.15, 0.2) is 24.3 Å². The largest absolute Gasteiger partial charge is 0.496 e. The van der Waals surface area contributed by atoms with E-state index in [9.17, 15) is 14.4 Å². The minimum Gasteiger partial charge on any atom is -0.496 e. The molecule has 0 heterocycles. The molecule has 1 saturated carbocycles. The number of hydrogen-bond donors (Lipinski definition) is 2. The summed E-state index contributed by atoms with van der Waals surface area (Å²) in [7, 11) is 1.48. The van der Waals surface area contributed by atoms with Gasteiger partial charge in [-0.05, 0) is 50.3 Å². The Balaban J connectivity index is 2.00. The molecule has 27 heavy (non-hydrogen) atoms. The molecule has 0 saturated heterocycles. The molecule has 0 unspecified atom stereocenters. The van der Waals surface area contributed by atoms with Gasteiger partial charge in [-0.15, -0.1) is 0 Å². The third-order valence-electron chi connectivity index (χ3n) is 4.14. The number of methoxy groups -OCH3 is 1. The van der Waals surface area contributed by atoms with E-state index in [1.54, 1.807) is 36.0 Å². The zero-order chi connectivity index (χ0) is 19.8. The van der Waals surface area contributed by atoms with E-state index in [4.69, 9.17) is 9.47 Å². The number of thioether (sulfide) groups is 1. The number of para-hydroxylation sites is 1. The normalized spacial score (nSPS) is 15.4. The molecular weight excluding hydrogens is 368 g/mol. The van der Waals surface area contributed by atoms with Crippen molar-refractivity contribution in [2.24, 2.45) is 0 Å². The molecule has 2 N–H and O–H groups in total. The second-order valence-corrected chi connectivity index (χ2v) is 7.36. The van der Waals surface area contributed by atoms with Crippen LogP contribution in [0.25, 0.3) is 0 Å². The van der Waals surface area contributed by atoms with Gasteiger partial charge in [-0.2, -0.15) is 11.8 Å². The molecule has 2 rings (SSSR count). The first-order chi connectivity index (χ1) is 13.0. The molecule has 0 aliphatic heterocycles. The lowest BCUT2D eigenvalue weighted by atomic mass is 10.1. The summed E-state index contributed by atoms with van der Waals surface area (Å²) in [6, 6.07) is 6.12. The van der Waals surface area contributed by atoms with Crippen LogP contribution in [0, 0.1) is 0 Å². The summed E-state index contributed by atoms with van der Waals surface area (Å²) in [5, 5.41) is 5.50. The predicted molar refractivity (Wildman–Crippen MR) is 104 cm³/mol. The fraction of sp³-hybridized carbons (Fsp3) is 0.526. The molecule has 148 valence electrons. The lowest BCUT2D eigenvalue weighted by molar-refractivity contribution is -0.156. The van der Waals surface area contributed by atoms with Crippen molar-refractivity contribution in [1.82, 2.24) is 10.6 Å². The molecule has 1 aliphatic rings. The molecule has 1 aromatic carbocycles. The lowest BCUT2D eigenvalue weighted by Crippen LogP contribution is -2.45. The Hall–Kier alpha value is -2.22. The van der Waals surface area contributed by atoms with Gasteiger partial charge in [0.15, 0.2) is 6.10 Å². The van der Waals surface area contributed by atoms with Crippen LogP contribution in [0.1, 0.15) is 36.5 Å². The van der Waals surface area contributed by atoms with Crippen LogP contribution >= 0.6 is 11.8 Å². The maximum absolute atomic E-state index is 12.6. The summed E-state index contributed by atoms with van der Waals surface area (Å²) < 4.78 is 10.5. The molecular formula is C19H26N2O5S. The van der Waals surface area contributed by atoms with Crippen LogP contribution in [-0.2, 0) is 14.3 Å². The standard InChI is InChI=1S/C19H26N2O5S/c1-12(17(22)20-13-8-9-13)26-19(24)15(10-11-27-3)21-18(23)14-6-4-5-7-16(14)25-2/h4-7,12-13,15H,8-11H2,1-3H3,(H,20,22)(H,21,23)/t12-,15+/m0/s1. The van der Waals surface area contributed by atoms with E-state index in [2.05, 4.69) is 10.6 Å². The Morgan fingerprint density at radius 2 is 1.96 bits per heavy atom. The summed E-state index contributed by atoms with van der Waals surface area (Å²) in [6.07, 6.45) is 3.32. The predicted octanol–water partition coefficient (Wildman–Crippen LogP) is 1.76. The maximum Gasteiger partial charge on any atom is 0.329 e. The van der Waals surface area contributed by atoms with Crippen LogP contribution < -0.4 is 15.4 Å². The second kappa shape index (κ2) is 10.2. The zero-order valence-electron chi connectivity index (χ0n) is 15.8. The van der Waals surface area contributed by atoms with E-state index >= 15 is 0 Å². The molecule has 0 aromatic heterocycles. The summed E-state index contributed by atoms with van der Waals surface area (Å²) >= 11 is 1.56. The summed E-state index contributed by atoms with van der Waals surface area (Å²) in [5.74, 6) is -0.278. The number of esters is 1. The maximum atomic E-state index is 12.6. The highest BCUT2D eigenvalue weighted by molar-refractivity contribution is 7.98. The van der Waals surface area contributed by atoms with Gasteiger partial charge in [-0.3, -0.25) is 9.59 Å². The Labute approximate surface area is 163 Å². The van der Waals surface area contributed by atoms with Crippen molar-refractivity contribution in [1.29, 1.82) is 0 Å². The molecule has 0 bridgehead atoms. The highest BCUT2D eigenvalue weighted by Gasteiger charge is 2.30. The number of hydrogen-bond acceptors (Lipinski definition) is 6. The summed E-state index contributed by atoms with van der Waals surface area (Å²) in [6.45, 7) is 1.53. The van der Waals surface area contributed by atoms with E-state index in [1.165, 1.54) is 14.0 Å². The van der Waals surface area contributed by atoms with Gasteiger partial charge >= 0.3 is 5.97 Å². The van der Waals surface area contributed by atoms with E-state index in [-0.39, 0.29) is 11.9 Å². The van der Waals surface area contributed by atoms with Crippen LogP contribution in [0.5, 0.6) is 5.75 Å². The van der Waals surface area contributed by atoms with Crippen molar-refractivity contribution in [3.63, 3.8) is 0 Å². The van der Waals surface area contributed by atoms with Crippen molar-refractivity contribution in [3.8, 4) is 5.75 Å². The average molecular weight is 394 g/mol. The minimum atomic E-state index is -0.905. The number of amides is 2. The number of benzene rings is 1. The van der Waals surface area contributed by atoms with Crippen molar-refractivity contribution in [3.05, 3.63) is 29.8 Å². The molecule has 7 nitrogen and oxygen atoms in total. The Morgan fingerprint density at radius 3 is 2.59 bits per heavy atom. The first-order valence-corrected chi connectivity index (χ1v) is 10.3. The highest BCUT2D eigenvalue weighted by Crippen LogP contribution is 2.19. The van der Waals surface area contributed by atoms with Gasteiger partial charge in [-0.1, -0.05) is 12.1 Å². The lowest BCUT2D eigenvalue weighted by Gasteiger charge is -2.20. The SMILES string of the molecule is COc1ccccc1C(=O)N[C@H](CCSC)C(=O)O[C@@H](C)C(=O)NC1CC1. The van der Waals surface area contributed by atoms with Crippen molar-refractivity contribution < 1.29 is 23.9 Å². The summed E-state index contributed by atoms with van der Waals surface area (Å²) in [5.41, 5.74) is 0.335. The Kier molecular flexibility index (Phi) is 7.97. The first-order valence-electron chi connectivity index (χ1n) is 8.90. The van der Waals surface area contributed by atoms with Gasteiger partial charge in [0.25, 0.3) is 11.8 Å². The molecule has 2 atom stereocenters. The number of nitrogens with one attached hydrogen (secondary N) is 2. The van der Waals surface area contributed by atoms with Crippen molar-refractivity contribution in [2.45, 2.75) is 44.4 Å². The number of carbonyl (C=O) groups is 3. The van der Waals surface area contributed by atoms with Gasteiger partial charge in [-0.25, -0.2) is 4.79 Å². The van der Waals surface area contributed by atoms with E-state index < -0.39 is 24.0 Å². The van der Waals surface area contributed by atoms with E-state index in [0.717, 1.165) is 12.8 Å². The second-order valence-electron chi connectivity index (χ2n) is 6.37. The third kappa shape index (κ3) is 6.46. The number of ether oxygens (including phenoxy) is 2. The van der Waals surface area contributed by atoms with Crippen LogP contribution in [0.2, 0.25) is 0 Å². The summed E-state index contributed by atoms with van der Waals surface area (Å²) in [4.78, 5) is 37.1. The van der Waals surface area contributed by atoms with Crippen molar-refractivity contribution >= 4 is 29.5 Å². The molecule has 1 aromatic rings. The van der Waals surface area contributed by atoms with Crippen LogP contribution in [0.4, 0.5) is 0 Å². The number of carbonyl (C=O) groups excluding carboxylic acids is 3. The molecule has 0 radical (unpaired) electrons. The Bertz CT molecular complexity index is 678. The Morgan fingerprint density at radius 1 is 1.26 bits per heavy atom. The van der Waals surface area contributed by atoms with Gasteiger partial charge in [0.05, 0.1) is 12.7 Å². The van der Waals surface area contributed by atoms with Crippen LogP contribution in [-0.4, -0.2) is 55.1 Å². The monoisotopic (exact) mass is 394 g/mol. The molecule has 8 heteroatoms. The van der Waals surface area contributed by atoms with Crippen molar-refractivity contribution in [2.75, 3.05) is 19.1 Å².